The van der Waals surface area contributed by atoms with Crippen LogP contribution in [-0.4, -0.2) is 14.9 Å². The minimum Gasteiger partial charge on any atom is -0.508 e. The third-order valence-electron chi connectivity index (χ3n) is 1.69. The van der Waals surface area contributed by atoms with Crippen molar-refractivity contribution in [3.63, 3.8) is 0 Å². The monoisotopic (exact) mass is 214 g/mol. The van der Waals surface area contributed by atoms with E-state index in [1.807, 2.05) is 0 Å². The lowest BCUT2D eigenvalue weighted by Gasteiger charge is -2.00. The van der Waals surface area contributed by atoms with E-state index in [1.165, 1.54) is 12.1 Å². The summed E-state index contributed by atoms with van der Waals surface area (Å²) in [5.41, 5.74) is 1.27. The highest BCUT2D eigenvalue weighted by Crippen LogP contribution is 2.37. The third kappa shape index (κ3) is 3.34. The van der Waals surface area contributed by atoms with Crippen LogP contribution in [0.5, 0.6) is 5.75 Å². The van der Waals surface area contributed by atoms with Crippen LogP contribution in [-0.2, 0) is 4.57 Å². The molecular weight excluding hydrogens is 203 g/mol. The second-order valence-electron chi connectivity index (χ2n) is 2.95. The second kappa shape index (κ2) is 3.96. The topological polar surface area (TPSA) is 77.8 Å². The number of rotatable bonds is 2. The van der Waals surface area contributed by atoms with E-state index in [2.05, 4.69) is 0 Å². The Kier molecular flexibility index (Phi) is 3.11. The molecule has 0 fully saturated rings. The van der Waals surface area contributed by atoms with Gasteiger partial charge in [-0.05, 0) is 30.2 Å². The van der Waals surface area contributed by atoms with E-state index in [0.29, 0.717) is 5.56 Å². The zero-order valence-electron chi connectivity index (χ0n) is 7.58. The summed E-state index contributed by atoms with van der Waals surface area (Å²) >= 11 is 0. The molecule has 0 heterocycles. The quantitative estimate of drug-likeness (QED) is 0.656. The number of benzene rings is 1. The molecule has 0 aliphatic heterocycles. The standard InChI is InChI=1S/C9H11O4P/c1-7-2-3-8(6-9(7)10)4-5-14(11,12)13/h2-6,10H,1H3,(H2,11,12,13)/b5-4+. The van der Waals surface area contributed by atoms with E-state index >= 15 is 0 Å². The molecule has 0 aromatic heterocycles. The van der Waals surface area contributed by atoms with Gasteiger partial charge in [-0.25, -0.2) is 0 Å². The lowest BCUT2D eigenvalue weighted by molar-refractivity contribution is 0.386. The number of aromatic hydroxyl groups is 1. The van der Waals surface area contributed by atoms with E-state index in [4.69, 9.17) is 9.79 Å². The largest absolute Gasteiger partial charge is 0.508 e. The number of phenolic OH excluding ortho intramolecular Hbond substituents is 1. The van der Waals surface area contributed by atoms with Crippen molar-refractivity contribution < 1.29 is 19.5 Å². The smallest absolute Gasteiger partial charge is 0.349 e. The van der Waals surface area contributed by atoms with Crippen LogP contribution in [0, 0.1) is 6.92 Å². The molecule has 0 saturated heterocycles. The van der Waals surface area contributed by atoms with E-state index < -0.39 is 7.60 Å². The molecule has 76 valence electrons. The molecule has 1 rings (SSSR count). The van der Waals surface area contributed by atoms with Crippen molar-refractivity contribution in [3.05, 3.63) is 35.1 Å². The maximum Gasteiger partial charge on any atom is 0.349 e. The van der Waals surface area contributed by atoms with Crippen LogP contribution < -0.4 is 0 Å². The molecule has 0 aliphatic rings. The summed E-state index contributed by atoms with van der Waals surface area (Å²) in [7, 11) is -4.12. The van der Waals surface area contributed by atoms with Crippen molar-refractivity contribution in [1.29, 1.82) is 0 Å². The van der Waals surface area contributed by atoms with Crippen molar-refractivity contribution in [2.24, 2.45) is 0 Å². The van der Waals surface area contributed by atoms with Crippen LogP contribution in [0.1, 0.15) is 11.1 Å². The second-order valence-corrected chi connectivity index (χ2v) is 4.43. The van der Waals surface area contributed by atoms with Gasteiger partial charge in [0.1, 0.15) is 5.75 Å². The van der Waals surface area contributed by atoms with Gasteiger partial charge in [-0.15, -0.1) is 0 Å². The highest BCUT2D eigenvalue weighted by molar-refractivity contribution is 7.55. The molecule has 0 saturated carbocycles. The minimum absolute atomic E-state index is 0.109. The number of hydrogen-bond acceptors (Lipinski definition) is 2. The predicted molar refractivity (Wildman–Crippen MR) is 53.9 cm³/mol. The Labute approximate surface area is 81.7 Å². The predicted octanol–water partition coefficient (Wildman–Crippen LogP) is 1.85. The van der Waals surface area contributed by atoms with Crippen LogP contribution >= 0.6 is 7.60 Å². The summed E-state index contributed by atoms with van der Waals surface area (Å²) < 4.78 is 10.5. The van der Waals surface area contributed by atoms with E-state index in [1.54, 1.807) is 19.1 Å². The van der Waals surface area contributed by atoms with Gasteiger partial charge in [0.25, 0.3) is 0 Å². The van der Waals surface area contributed by atoms with Crippen LogP contribution in [0.15, 0.2) is 24.0 Å². The Morgan fingerprint density at radius 1 is 1.36 bits per heavy atom. The van der Waals surface area contributed by atoms with Gasteiger partial charge in [0.05, 0.1) is 0 Å². The molecule has 0 bridgehead atoms. The summed E-state index contributed by atoms with van der Waals surface area (Å²) in [6.45, 7) is 1.74. The molecule has 3 N–H and O–H groups in total. The molecule has 4 nitrogen and oxygen atoms in total. The lowest BCUT2D eigenvalue weighted by atomic mass is 10.1. The van der Waals surface area contributed by atoms with Gasteiger partial charge in [-0.1, -0.05) is 12.1 Å². The molecule has 14 heavy (non-hydrogen) atoms. The first-order valence-corrected chi connectivity index (χ1v) is 5.61. The maximum absolute atomic E-state index is 10.5. The molecule has 0 amide bonds. The van der Waals surface area contributed by atoms with Crippen LogP contribution in [0.2, 0.25) is 0 Å². The molecular formula is C9H11O4P. The fraction of sp³-hybridized carbons (Fsp3) is 0.111. The van der Waals surface area contributed by atoms with Gasteiger partial charge in [0.15, 0.2) is 0 Å². The van der Waals surface area contributed by atoms with Gasteiger partial charge in [0, 0.05) is 5.82 Å². The molecule has 0 spiro atoms. The summed E-state index contributed by atoms with van der Waals surface area (Å²) in [6, 6.07) is 4.79. The Hall–Kier alpha value is -1.09. The maximum atomic E-state index is 10.5. The first-order chi connectivity index (χ1) is 6.38. The van der Waals surface area contributed by atoms with Gasteiger partial charge in [-0.2, -0.15) is 0 Å². The zero-order valence-corrected chi connectivity index (χ0v) is 8.48. The van der Waals surface area contributed by atoms with Gasteiger partial charge >= 0.3 is 7.60 Å². The SMILES string of the molecule is Cc1ccc(/C=C/P(=O)(O)O)cc1O. The Bertz CT molecular complexity index is 405. The molecule has 5 heteroatoms. The highest BCUT2D eigenvalue weighted by Gasteiger charge is 2.05. The minimum atomic E-state index is -4.12. The molecule has 0 aliphatic carbocycles. The van der Waals surface area contributed by atoms with Crippen molar-refractivity contribution in [2.75, 3.05) is 0 Å². The molecule has 1 aromatic rings. The Morgan fingerprint density at radius 3 is 2.50 bits per heavy atom. The van der Waals surface area contributed by atoms with E-state index in [-0.39, 0.29) is 5.75 Å². The van der Waals surface area contributed by atoms with Crippen molar-refractivity contribution in [2.45, 2.75) is 6.92 Å². The molecule has 0 unspecified atom stereocenters. The highest BCUT2D eigenvalue weighted by atomic mass is 31.2. The average molecular weight is 214 g/mol. The first kappa shape index (κ1) is 11.0. The van der Waals surface area contributed by atoms with Gasteiger partial charge in [0.2, 0.25) is 0 Å². The summed E-state index contributed by atoms with van der Waals surface area (Å²) in [5, 5.41) is 9.30. The molecule has 1 aromatic carbocycles. The summed E-state index contributed by atoms with van der Waals surface area (Å²) in [5.74, 6) is 0.912. The van der Waals surface area contributed by atoms with Crippen molar-refractivity contribution in [1.82, 2.24) is 0 Å². The molecule has 0 radical (unpaired) electrons. The van der Waals surface area contributed by atoms with Crippen LogP contribution in [0.4, 0.5) is 0 Å². The number of hydrogen-bond donors (Lipinski definition) is 3. The van der Waals surface area contributed by atoms with E-state index in [9.17, 15) is 9.67 Å². The van der Waals surface area contributed by atoms with E-state index in [0.717, 1.165) is 11.4 Å². The van der Waals surface area contributed by atoms with Crippen molar-refractivity contribution in [3.8, 4) is 5.75 Å². The summed E-state index contributed by atoms with van der Waals surface area (Å²) in [4.78, 5) is 17.1. The molecule has 0 atom stereocenters. The lowest BCUT2D eigenvalue weighted by Crippen LogP contribution is -1.77. The first-order valence-electron chi connectivity index (χ1n) is 3.92. The van der Waals surface area contributed by atoms with Crippen LogP contribution in [0.25, 0.3) is 6.08 Å². The third-order valence-corrected chi connectivity index (χ3v) is 2.23. The fourth-order valence-corrected chi connectivity index (χ4v) is 1.28. The summed E-state index contributed by atoms with van der Waals surface area (Å²) in [6.07, 6.45) is 1.28. The van der Waals surface area contributed by atoms with Gasteiger partial charge < -0.3 is 14.9 Å². The Balaban J connectivity index is 2.94. The average Bonchev–Trinajstić information content (AvgIpc) is 2.06. The van der Waals surface area contributed by atoms with Crippen LogP contribution in [0.3, 0.4) is 0 Å². The fourth-order valence-electron chi connectivity index (χ4n) is 0.913. The number of phenols is 1. The zero-order chi connectivity index (χ0) is 10.8. The van der Waals surface area contributed by atoms with Crippen molar-refractivity contribution >= 4 is 13.7 Å². The normalized spacial score (nSPS) is 12.2. The Morgan fingerprint density at radius 2 is 2.00 bits per heavy atom. The number of aryl methyl sites for hydroxylation is 1. The van der Waals surface area contributed by atoms with Gasteiger partial charge in [-0.3, -0.25) is 4.57 Å².